The summed E-state index contributed by atoms with van der Waals surface area (Å²) in [5.74, 6) is 0.0938. The van der Waals surface area contributed by atoms with Gasteiger partial charge in [0.2, 0.25) is 0 Å². The fraction of sp³-hybridized carbons (Fsp3) is 0.455. The van der Waals surface area contributed by atoms with Gasteiger partial charge in [0.25, 0.3) is 0 Å². The van der Waals surface area contributed by atoms with Crippen molar-refractivity contribution in [1.29, 1.82) is 5.41 Å². The molecule has 15 heavy (non-hydrogen) atoms. The van der Waals surface area contributed by atoms with Gasteiger partial charge in [0, 0.05) is 16.0 Å². The van der Waals surface area contributed by atoms with Gasteiger partial charge in [-0.25, -0.2) is 4.98 Å². The average Bonchev–Trinajstić information content (AvgIpc) is 1.99. The maximum Gasteiger partial charge on any atom is 0.122 e. The van der Waals surface area contributed by atoms with E-state index < -0.39 is 0 Å². The summed E-state index contributed by atoms with van der Waals surface area (Å²) in [6, 6.07) is 3.69. The molecule has 0 saturated carbocycles. The largest absolute Gasteiger partial charge is 0.384 e. The Balaban J connectivity index is 3.04. The predicted octanol–water partition coefficient (Wildman–Crippen LogP) is 2.56. The van der Waals surface area contributed by atoms with E-state index in [9.17, 15) is 0 Å². The quantitative estimate of drug-likeness (QED) is 0.460. The molecule has 0 atom stereocenters. The van der Waals surface area contributed by atoms with Gasteiger partial charge in [-0.15, -0.1) is 11.8 Å². The topological polar surface area (TPSA) is 62.8 Å². The van der Waals surface area contributed by atoms with E-state index in [1.807, 2.05) is 19.1 Å². The van der Waals surface area contributed by atoms with Gasteiger partial charge in [0.1, 0.15) is 5.84 Å². The van der Waals surface area contributed by atoms with Crippen LogP contribution in [0.2, 0.25) is 0 Å². The van der Waals surface area contributed by atoms with Crippen LogP contribution < -0.4 is 5.73 Å². The second kappa shape index (κ2) is 4.23. The molecule has 0 saturated heterocycles. The number of rotatable bonds is 2. The lowest BCUT2D eigenvalue weighted by molar-refractivity contribution is 0.798. The van der Waals surface area contributed by atoms with Crippen LogP contribution in [0.3, 0.4) is 0 Å². The monoisotopic (exact) mass is 223 g/mol. The number of amidine groups is 1. The van der Waals surface area contributed by atoms with Gasteiger partial charge in [0.05, 0.1) is 5.03 Å². The highest BCUT2D eigenvalue weighted by Crippen LogP contribution is 2.30. The first kappa shape index (κ1) is 12.0. The Labute approximate surface area is 95.0 Å². The van der Waals surface area contributed by atoms with Crippen molar-refractivity contribution in [2.45, 2.75) is 37.5 Å². The Hall–Kier alpha value is -1.03. The summed E-state index contributed by atoms with van der Waals surface area (Å²) in [6.45, 7) is 8.32. The molecule has 0 amide bonds. The number of hydrogen-bond acceptors (Lipinski definition) is 3. The molecule has 0 spiro atoms. The van der Waals surface area contributed by atoms with E-state index in [-0.39, 0.29) is 10.6 Å². The Kier molecular flexibility index (Phi) is 3.39. The van der Waals surface area contributed by atoms with Crippen LogP contribution in [0.1, 0.15) is 32.0 Å². The third-order valence-electron chi connectivity index (χ3n) is 1.65. The van der Waals surface area contributed by atoms with Gasteiger partial charge in [-0.2, -0.15) is 0 Å². The first-order valence-electron chi connectivity index (χ1n) is 4.80. The molecule has 0 aliphatic rings. The standard InChI is InChI=1S/C11H17N3S/c1-7-5-8(10(12)13)6-9(14-7)15-11(2,3)4/h5-6H,1-4H3,(H3,12,13). The maximum atomic E-state index is 7.40. The molecule has 0 aliphatic carbocycles. The van der Waals surface area contributed by atoms with Crippen LogP contribution >= 0.6 is 11.8 Å². The molecular weight excluding hydrogens is 206 g/mol. The number of nitrogen functional groups attached to an aromatic ring is 1. The van der Waals surface area contributed by atoms with Gasteiger partial charge in [-0.05, 0) is 19.1 Å². The lowest BCUT2D eigenvalue weighted by Crippen LogP contribution is -2.13. The van der Waals surface area contributed by atoms with Crippen molar-refractivity contribution < 1.29 is 0 Å². The summed E-state index contributed by atoms with van der Waals surface area (Å²) >= 11 is 1.68. The van der Waals surface area contributed by atoms with Crippen LogP contribution in [0.15, 0.2) is 17.2 Å². The molecule has 0 radical (unpaired) electrons. The Morgan fingerprint density at radius 3 is 2.47 bits per heavy atom. The zero-order valence-corrected chi connectivity index (χ0v) is 10.4. The fourth-order valence-electron chi connectivity index (χ4n) is 1.16. The minimum Gasteiger partial charge on any atom is -0.384 e. The van der Waals surface area contributed by atoms with Crippen molar-refractivity contribution in [1.82, 2.24) is 4.98 Å². The second-order valence-electron chi connectivity index (χ2n) is 4.46. The van der Waals surface area contributed by atoms with E-state index in [0.29, 0.717) is 0 Å². The highest BCUT2D eigenvalue weighted by atomic mass is 32.2. The highest BCUT2D eigenvalue weighted by molar-refractivity contribution is 8.00. The Bertz CT molecular complexity index is 380. The van der Waals surface area contributed by atoms with Crippen LogP contribution in [0.25, 0.3) is 0 Å². The lowest BCUT2D eigenvalue weighted by atomic mass is 10.2. The average molecular weight is 223 g/mol. The van der Waals surface area contributed by atoms with Crippen molar-refractivity contribution in [2.24, 2.45) is 5.73 Å². The number of nitrogens with zero attached hydrogens (tertiary/aromatic N) is 1. The molecule has 1 aromatic heterocycles. The molecule has 1 aromatic rings. The zero-order valence-electron chi connectivity index (χ0n) is 9.59. The molecule has 0 aromatic carbocycles. The van der Waals surface area contributed by atoms with Gasteiger partial charge in [-0.3, -0.25) is 5.41 Å². The van der Waals surface area contributed by atoms with Crippen LogP contribution in [-0.4, -0.2) is 15.6 Å². The van der Waals surface area contributed by atoms with Gasteiger partial charge in [0.15, 0.2) is 0 Å². The fourth-order valence-corrected chi connectivity index (χ4v) is 2.16. The van der Waals surface area contributed by atoms with Crippen molar-refractivity contribution in [3.63, 3.8) is 0 Å². The van der Waals surface area contributed by atoms with Crippen molar-refractivity contribution >= 4 is 17.6 Å². The number of pyridine rings is 1. The second-order valence-corrected chi connectivity index (χ2v) is 6.31. The summed E-state index contributed by atoms with van der Waals surface area (Å²) in [7, 11) is 0. The van der Waals surface area contributed by atoms with Gasteiger partial charge >= 0.3 is 0 Å². The van der Waals surface area contributed by atoms with Crippen LogP contribution in [0, 0.1) is 12.3 Å². The molecule has 4 heteroatoms. The SMILES string of the molecule is Cc1cc(C(=N)N)cc(SC(C)(C)C)n1. The number of hydrogen-bond donors (Lipinski definition) is 2. The highest BCUT2D eigenvalue weighted by Gasteiger charge is 2.14. The number of nitrogens with one attached hydrogen (secondary N) is 1. The summed E-state index contributed by atoms with van der Waals surface area (Å²) < 4.78 is 0.120. The minimum absolute atomic E-state index is 0.0938. The normalized spacial score (nSPS) is 11.5. The summed E-state index contributed by atoms with van der Waals surface area (Å²) in [4.78, 5) is 4.41. The molecule has 1 rings (SSSR count). The van der Waals surface area contributed by atoms with Gasteiger partial charge < -0.3 is 5.73 Å². The van der Waals surface area contributed by atoms with E-state index in [0.717, 1.165) is 16.3 Å². The predicted molar refractivity (Wildman–Crippen MR) is 65.6 cm³/mol. The summed E-state index contributed by atoms with van der Waals surface area (Å²) in [5, 5.41) is 8.32. The van der Waals surface area contributed by atoms with Crippen LogP contribution in [0.5, 0.6) is 0 Å². The molecule has 0 fully saturated rings. The van der Waals surface area contributed by atoms with E-state index in [1.165, 1.54) is 0 Å². The van der Waals surface area contributed by atoms with Crippen LogP contribution in [0.4, 0.5) is 0 Å². The molecule has 0 bridgehead atoms. The van der Waals surface area contributed by atoms with E-state index >= 15 is 0 Å². The molecular formula is C11H17N3S. The molecule has 3 N–H and O–H groups in total. The van der Waals surface area contributed by atoms with Crippen molar-refractivity contribution in [2.75, 3.05) is 0 Å². The van der Waals surface area contributed by atoms with E-state index in [4.69, 9.17) is 11.1 Å². The number of nitrogens with two attached hydrogens (primary N) is 1. The maximum absolute atomic E-state index is 7.40. The van der Waals surface area contributed by atoms with Gasteiger partial charge in [-0.1, -0.05) is 20.8 Å². The molecule has 82 valence electrons. The van der Waals surface area contributed by atoms with Crippen molar-refractivity contribution in [3.05, 3.63) is 23.4 Å². The van der Waals surface area contributed by atoms with E-state index in [2.05, 4.69) is 25.8 Å². The summed E-state index contributed by atoms with van der Waals surface area (Å²) in [5.41, 5.74) is 7.10. The van der Waals surface area contributed by atoms with Crippen molar-refractivity contribution in [3.8, 4) is 0 Å². The number of thioether (sulfide) groups is 1. The smallest absolute Gasteiger partial charge is 0.122 e. The Morgan fingerprint density at radius 2 is 2.00 bits per heavy atom. The first-order chi connectivity index (χ1) is 6.78. The lowest BCUT2D eigenvalue weighted by Gasteiger charge is -2.17. The van der Waals surface area contributed by atoms with Crippen LogP contribution in [-0.2, 0) is 0 Å². The third kappa shape index (κ3) is 3.91. The molecule has 0 aliphatic heterocycles. The van der Waals surface area contributed by atoms with E-state index in [1.54, 1.807) is 11.8 Å². The molecule has 1 heterocycles. The Morgan fingerprint density at radius 1 is 1.40 bits per heavy atom. The zero-order chi connectivity index (χ0) is 11.6. The number of aromatic nitrogens is 1. The molecule has 0 unspecified atom stereocenters. The number of aryl methyl sites for hydroxylation is 1. The minimum atomic E-state index is 0.0938. The molecule has 3 nitrogen and oxygen atoms in total. The third-order valence-corrected chi connectivity index (χ3v) is 2.68. The summed E-state index contributed by atoms with van der Waals surface area (Å²) in [6.07, 6.45) is 0. The first-order valence-corrected chi connectivity index (χ1v) is 5.62.